The molecule has 0 fully saturated rings. The van der Waals surface area contributed by atoms with Crippen molar-refractivity contribution in [2.75, 3.05) is 6.61 Å². The highest BCUT2D eigenvalue weighted by molar-refractivity contribution is 5.73. The molecule has 0 radical (unpaired) electrons. The van der Waals surface area contributed by atoms with Crippen molar-refractivity contribution in [2.24, 2.45) is 11.3 Å². The molecule has 1 aliphatic rings. The van der Waals surface area contributed by atoms with Gasteiger partial charge in [0.05, 0.1) is 13.0 Å². The van der Waals surface area contributed by atoms with Crippen LogP contribution in [0.1, 0.15) is 57.4 Å². The summed E-state index contributed by atoms with van der Waals surface area (Å²) in [5.74, 6) is 0.261. The molecule has 3 heteroatoms. The van der Waals surface area contributed by atoms with E-state index in [9.17, 15) is 4.79 Å². The Hall–Kier alpha value is -2.55. The lowest BCUT2D eigenvalue weighted by molar-refractivity contribution is -0.142. The monoisotopic (exact) mass is 391 g/mol. The number of esters is 1. The van der Waals surface area contributed by atoms with E-state index in [-0.39, 0.29) is 11.4 Å². The summed E-state index contributed by atoms with van der Waals surface area (Å²) in [5, 5.41) is 0. The molecule has 0 bridgehead atoms. The first-order chi connectivity index (χ1) is 13.9. The summed E-state index contributed by atoms with van der Waals surface area (Å²) < 4.78 is 7.37. The SMILES string of the molecule is CCOC(=O)Cc1cc(/C=C/C2C(C)=CCCC2(C)C)n(Cc2ccccc2)c1. The van der Waals surface area contributed by atoms with Crippen molar-refractivity contribution in [3.8, 4) is 0 Å². The zero-order valence-electron chi connectivity index (χ0n) is 18.2. The number of ether oxygens (including phenoxy) is 1. The summed E-state index contributed by atoms with van der Waals surface area (Å²) in [7, 11) is 0. The van der Waals surface area contributed by atoms with Crippen LogP contribution in [0.5, 0.6) is 0 Å². The molecule has 1 unspecified atom stereocenters. The summed E-state index contributed by atoms with van der Waals surface area (Å²) in [6.45, 7) is 9.99. The highest BCUT2D eigenvalue weighted by Crippen LogP contribution is 2.41. The van der Waals surface area contributed by atoms with Gasteiger partial charge in [-0.25, -0.2) is 0 Å². The van der Waals surface area contributed by atoms with Crippen molar-refractivity contribution in [2.45, 2.75) is 53.5 Å². The minimum Gasteiger partial charge on any atom is -0.466 e. The molecule has 0 amide bonds. The third-order valence-corrected chi connectivity index (χ3v) is 5.88. The fourth-order valence-electron chi connectivity index (χ4n) is 4.30. The van der Waals surface area contributed by atoms with Crippen LogP contribution in [0.25, 0.3) is 6.08 Å². The molecular weight excluding hydrogens is 358 g/mol. The van der Waals surface area contributed by atoms with E-state index in [1.54, 1.807) is 0 Å². The predicted molar refractivity (Wildman–Crippen MR) is 120 cm³/mol. The zero-order valence-corrected chi connectivity index (χ0v) is 18.2. The minimum absolute atomic E-state index is 0.174. The van der Waals surface area contributed by atoms with Gasteiger partial charge < -0.3 is 9.30 Å². The molecule has 2 aromatic rings. The first kappa shape index (κ1) is 21.2. The normalized spacial score (nSPS) is 18.6. The van der Waals surface area contributed by atoms with E-state index < -0.39 is 0 Å². The highest BCUT2D eigenvalue weighted by Gasteiger charge is 2.30. The van der Waals surface area contributed by atoms with Crippen LogP contribution < -0.4 is 0 Å². The van der Waals surface area contributed by atoms with E-state index in [4.69, 9.17) is 4.74 Å². The largest absolute Gasteiger partial charge is 0.466 e. The number of hydrogen-bond donors (Lipinski definition) is 0. The molecule has 3 nitrogen and oxygen atoms in total. The summed E-state index contributed by atoms with van der Waals surface area (Å²) >= 11 is 0. The van der Waals surface area contributed by atoms with Crippen LogP contribution in [0.3, 0.4) is 0 Å². The number of allylic oxidation sites excluding steroid dienone is 3. The smallest absolute Gasteiger partial charge is 0.310 e. The third-order valence-electron chi connectivity index (χ3n) is 5.88. The van der Waals surface area contributed by atoms with Crippen molar-refractivity contribution in [1.29, 1.82) is 0 Å². The molecule has 1 atom stereocenters. The van der Waals surface area contributed by atoms with Gasteiger partial charge in [0.25, 0.3) is 0 Å². The Kier molecular flexibility index (Phi) is 6.79. The topological polar surface area (TPSA) is 31.2 Å². The average molecular weight is 392 g/mol. The first-order valence-electron chi connectivity index (χ1n) is 10.6. The molecule has 1 heterocycles. The number of aromatic nitrogens is 1. The highest BCUT2D eigenvalue weighted by atomic mass is 16.5. The van der Waals surface area contributed by atoms with Gasteiger partial charge in [0.1, 0.15) is 0 Å². The van der Waals surface area contributed by atoms with Crippen LogP contribution in [0.2, 0.25) is 0 Å². The quantitative estimate of drug-likeness (QED) is 0.426. The minimum atomic E-state index is -0.174. The predicted octanol–water partition coefficient (Wildman–Crippen LogP) is 6.04. The number of rotatable bonds is 7. The van der Waals surface area contributed by atoms with Crippen molar-refractivity contribution in [1.82, 2.24) is 4.57 Å². The Morgan fingerprint density at radius 1 is 1.24 bits per heavy atom. The van der Waals surface area contributed by atoms with Crippen LogP contribution in [0.4, 0.5) is 0 Å². The Morgan fingerprint density at radius 2 is 2.00 bits per heavy atom. The van der Waals surface area contributed by atoms with Gasteiger partial charge in [0.15, 0.2) is 0 Å². The Bertz CT molecular complexity index is 887. The van der Waals surface area contributed by atoms with Gasteiger partial charge in [-0.1, -0.05) is 61.9 Å². The van der Waals surface area contributed by atoms with Crippen LogP contribution in [-0.4, -0.2) is 17.1 Å². The number of nitrogens with zero attached hydrogens (tertiary/aromatic N) is 1. The average Bonchev–Trinajstić information content (AvgIpc) is 3.02. The molecule has 3 rings (SSSR count). The maximum absolute atomic E-state index is 12.0. The van der Waals surface area contributed by atoms with E-state index in [2.05, 4.69) is 80.1 Å². The molecule has 0 aliphatic heterocycles. The number of benzene rings is 1. The lowest BCUT2D eigenvalue weighted by Gasteiger charge is -2.36. The summed E-state index contributed by atoms with van der Waals surface area (Å²) in [4.78, 5) is 12.0. The van der Waals surface area contributed by atoms with Crippen LogP contribution in [0, 0.1) is 11.3 Å². The second-order valence-electron chi connectivity index (χ2n) is 8.68. The van der Waals surface area contributed by atoms with Crippen molar-refractivity contribution >= 4 is 12.0 Å². The van der Waals surface area contributed by atoms with Crippen molar-refractivity contribution < 1.29 is 9.53 Å². The van der Waals surface area contributed by atoms with E-state index >= 15 is 0 Å². The number of hydrogen-bond acceptors (Lipinski definition) is 2. The lowest BCUT2D eigenvalue weighted by Crippen LogP contribution is -2.26. The zero-order chi connectivity index (χ0) is 20.9. The van der Waals surface area contributed by atoms with E-state index in [0.717, 1.165) is 24.2 Å². The lowest BCUT2D eigenvalue weighted by atomic mass is 9.68. The molecular formula is C26H33NO2. The second-order valence-corrected chi connectivity index (χ2v) is 8.68. The first-order valence-corrected chi connectivity index (χ1v) is 10.6. The van der Waals surface area contributed by atoms with Crippen LogP contribution in [-0.2, 0) is 22.5 Å². The van der Waals surface area contributed by atoms with Crippen LogP contribution >= 0.6 is 0 Å². The van der Waals surface area contributed by atoms with Gasteiger partial charge in [-0.3, -0.25) is 4.79 Å². The molecule has 1 aliphatic carbocycles. The van der Waals surface area contributed by atoms with Crippen molar-refractivity contribution in [3.63, 3.8) is 0 Å². The van der Waals surface area contributed by atoms with Gasteiger partial charge in [-0.05, 0) is 55.4 Å². The standard InChI is InChI=1S/C26H33NO2/c1-5-29-25(28)17-22-16-23(27(19-22)18-21-11-7-6-8-12-21)13-14-24-20(2)10-9-15-26(24,3)4/h6-8,10-14,16,19,24H,5,9,15,17-18H2,1-4H3/b14-13+. The van der Waals surface area contributed by atoms with Crippen LogP contribution in [0.15, 0.2) is 60.3 Å². The second kappa shape index (κ2) is 9.30. The van der Waals surface area contributed by atoms with Gasteiger partial charge in [-0.2, -0.15) is 0 Å². The number of carbonyl (C=O) groups is 1. The van der Waals surface area contributed by atoms with Gasteiger partial charge >= 0.3 is 5.97 Å². The molecule has 1 aromatic carbocycles. The summed E-state index contributed by atoms with van der Waals surface area (Å²) in [5.41, 5.74) is 5.08. The molecule has 0 saturated heterocycles. The van der Waals surface area contributed by atoms with Gasteiger partial charge in [0, 0.05) is 24.4 Å². The van der Waals surface area contributed by atoms with E-state index in [1.165, 1.54) is 17.6 Å². The van der Waals surface area contributed by atoms with Crippen molar-refractivity contribution in [3.05, 3.63) is 77.1 Å². The molecule has 0 saturated carbocycles. The molecule has 1 aromatic heterocycles. The van der Waals surface area contributed by atoms with E-state index in [0.29, 0.717) is 18.9 Å². The molecule has 154 valence electrons. The van der Waals surface area contributed by atoms with E-state index in [1.807, 2.05) is 13.0 Å². The fraction of sp³-hybridized carbons (Fsp3) is 0.423. The molecule has 29 heavy (non-hydrogen) atoms. The van der Waals surface area contributed by atoms with Gasteiger partial charge in [-0.15, -0.1) is 0 Å². The maximum Gasteiger partial charge on any atom is 0.310 e. The Balaban J connectivity index is 1.88. The number of carbonyl (C=O) groups excluding carboxylic acids is 1. The van der Waals surface area contributed by atoms with Gasteiger partial charge in [0.2, 0.25) is 0 Å². The Labute approximate surface area is 175 Å². The summed E-state index contributed by atoms with van der Waals surface area (Å²) in [6.07, 6.45) is 11.7. The molecule has 0 spiro atoms. The fourth-order valence-corrected chi connectivity index (χ4v) is 4.30. The Morgan fingerprint density at radius 3 is 2.69 bits per heavy atom. The molecule has 0 N–H and O–H groups in total. The third kappa shape index (κ3) is 5.50. The summed E-state index contributed by atoms with van der Waals surface area (Å²) in [6, 6.07) is 12.5. The maximum atomic E-state index is 12.0.